The topological polar surface area (TPSA) is 30.2 Å². The molecule has 0 saturated carbocycles. The van der Waals surface area contributed by atoms with E-state index in [1.807, 2.05) is 6.07 Å². The van der Waals surface area contributed by atoms with Crippen molar-refractivity contribution in [3.05, 3.63) is 33.9 Å². The smallest absolute Gasteiger partial charge is 0.335 e. The predicted molar refractivity (Wildman–Crippen MR) is 46.2 cm³/mol. The molecule has 1 aliphatic rings. The van der Waals surface area contributed by atoms with Crippen LogP contribution in [-0.2, 0) is 12.8 Å². The summed E-state index contributed by atoms with van der Waals surface area (Å²) in [5.41, 5.74) is 1.02. The van der Waals surface area contributed by atoms with Crippen LogP contribution in [0, 0.1) is 0 Å². The molecule has 64 valence electrons. The fourth-order valence-electron chi connectivity index (χ4n) is 1.69. The molecule has 0 radical (unpaired) electrons. The number of hydrogen-bond acceptors (Lipinski definition) is 2. The number of rotatable bonds is 0. The van der Waals surface area contributed by atoms with Gasteiger partial charge in [-0.2, -0.15) is 0 Å². The first-order valence-electron chi connectivity index (χ1n) is 4.48. The highest BCUT2D eigenvalue weighted by Crippen LogP contribution is 2.18. The summed E-state index contributed by atoms with van der Waals surface area (Å²) < 4.78 is 5.12. The fraction of sp³-hybridized carbons (Fsp3) is 0.500. The van der Waals surface area contributed by atoms with Crippen molar-refractivity contribution in [3.8, 4) is 0 Å². The van der Waals surface area contributed by atoms with E-state index in [4.69, 9.17) is 4.42 Å². The Hall–Kier alpha value is -1.05. The molecule has 0 spiro atoms. The number of hydrogen-bond donors (Lipinski definition) is 0. The van der Waals surface area contributed by atoms with Gasteiger partial charge in [0.1, 0.15) is 5.76 Å². The number of fused-ring (bicyclic) bond motifs is 1. The Morgan fingerprint density at radius 2 is 1.92 bits per heavy atom. The molecule has 0 bridgehead atoms. The summed E-state index contributed by atoms with van der Waals surface area (Å²) in [6, 6.07) is 3.43. The molecule has 0 unspecified atom stereocenters. The minimum atomic E-state index is -0.212. The SMILES string of the molecule is O=c1ccc2c(o1)CCCCC2. The molecular weight excluding hydrogens is 152 g/mol. The van der Waals surface area contributed by atoms with Crippen LogP contribution in [-0.4, -0.2) is 0 Å². The summed E-state index contributed by atoms with van der Waals surface area (Å²) in [6.45, 7) is 0. The van der Waals surface area contributed by atoms with Crippen molar-refractivity contribution in [2.45, 2.75) is 32.1 Å². The molecule has 1 aliphatic carbocycles. The molecular formula is C10H12O2. The third-order valence-electron chi connectivity index (χ3n) is 2.35. The Morgan fingerprint density at radius 1 is 1.08 bits per heavy atom. The molecule has 0 saturated heterocycles. The molecule has 1 aromatic heterocycles. The van der Waals surface area contributed by atoms with Gasteiger partial charge in [-0.15, -0.1) is 0 Å². The van der Waals surface area contributed by atoms with Gasteiger partial charge in [-0.05, 0) is 30.9 Å². The monoisotopic (exact) mass is 164 g/mol. The van der Waals surface area contributed by atoms with Gasteiger partial charge >= 0.3 is 5.63 Å². The second-order valence-electron chi connectivity index (χ2n) is 3.26. The minimum absolute atomic E-state index is 0.212. The third-order valence-corrected chi connectivity index (χ3v) is 2.35. The minimum Gasteiger partial charge on any atom is -0.428 e. The zero-order valence-electron chi connectivity index (χ0n) is 7.01. The molecule has 1 heterocycles. The van der Waals surface area contributed by atoms with Crippen molar-refractivity contribution in [1.82, 2.24) is 0 Å². The Labute approximate surface area is 71.2 Å². The Kier molecular flexibility index (Phi) is 1.98. The standard InChI is InChI=1S/C10H12O2/c11-10-7-6-8-4-2-1-3-5-9(8)12-10/h6-7H,1-5H2. The first-order valence-corrected chi connectivity index (χ1v) is 4.48. The van der Waals surface area contributed by atoms with Gasteiger partial charge in [0.2, 0.25) is 0 Å². The fourth-order valence-corrected chi connectivity index (χ4v) is 1.69. The molecule has 1 aromatic rings. The van der Waals surface area contributed by atoms with Gasteiger partial charge in [0.15, 0.2) is 0 Å². The van der Waals surface area contributed by atoms with Crippen LogP contribution in [0.3, 0.4) is 0 Å². The molecule has 0 amide bonds. The van der Waals surface area contributed by atoms with Gasteiger partial charge in [-0.3, -0.25) is 0 Å². The lowest BCUT2D eigenvalue weighted by Gasteiger charge is -2.00. The predicted octanol–water partition coefficient (Wildman–Crippen LogP) is 1.91. The van der Waals surface area contributed by atoms with E-state index in [2.05, 4.69) is 0 Å². The maximum Gasteiger partial charge on any atom is 0.335 e. The Morgan fingerprint density at radius 3 is 2.83 bits per heavy atom. The van der Waals surface area contributed by atoms with Gasteiger partial charge in [0.25, 0.3) is 0 Å². The van der Waals surface area contributed by atoms with Crippen LogP contribution in [0.25, 0.3) is 0 Å². The van der Waals surface area contributed by atoms with Crippen molar-refractivity contribution in [3.63, 3.8) is 0 Å². The van der Waals surface area contributed by atoms with Crippen molar-refractivity contribution in [2.24, 2.45) is 0 Å². The van der Waals surface area contributed by atoms with Crippen LogP contribution in [0.4, 0.5) is 0 Å². The van der Waals surface area contributed by atoms with E-state index in [-0.39, 0.29) is 5.63 Å². The summed E-state index contributed by atoms with van der Waals surface area (Å²) in [5.74, 6) is 0.917. The van der Waals surface area contributed by atoms with Crippen molar-refractivity contribution >= 4 is 0 Å². The highest BCUT2D eigenvalue weighted by atomic mass is 16.4. The Balaban J connectivity index is 2.43. The van der Waals surface area contributed by atoms with Crippen LogP contribution >= 0.6 is 0 Å². The van der Waals surface area contributed by atoms with E-state index in [0.717, 1.165) is 25.0 Å². The van der Waals surface area contributed by atoms with E-state index >= 15 is 0 Å². The second kappa shape index (κ2) is 3.13. The average molecular weight is 164 g/mol. The van der Waals surface area contributed by atoms with Crippen molar-refractivity contribution in [2.75, 3.05) is 0 Å². The van der Waals surface area contributed by atoms with Crippen LogP contribution in [0.2, 0.25) is 0 Å². The zero-order chi connectivity index (χ0) is 8.39. The van der Waals surface area contributed by atoms with Crippen molar-refractivity contribution in [1.29, 1.82) is 0 Å². The summed E-state index contributed by atoms with van der Waals surface area (Å²) >= 11 is 0. The second-order valence-corrected chi connectivity index (χ2v) is 3.26. The summed E-state index contributed by atoms with van der Waals surface area (Å²) in [4.78, 5) is 10.9. The van der Waals surface area contributed by atoms with Gasteiger partial charge in [0.05, 0.1) is 0 Å². The van der Waals surface area contributed by atoms with Gasteiger partial charge in [-0.25, -0.2) is 4.79 Å². The zero-order valence-corrected chi connectivity index (χ0v) is 7.01. The summed E-state index contributed by atoms with van der Waals surface area (Å²) in [5, 5.41) is 0. The summed E-state index contributed by atoms with van der Waals surface area (Å²) in [7, 11) is 0. The van der Waals surface area contributed by atoms with Crippen LogP contribution in [0.1, 0.15) is 30.6 Å². The van der Waals surface area contributed by atoms with Gasteiger partial charge in [0, 0.05) is 12.5 Å². The molecule has 2 heteroatoms. The lowest BCUT2D eigenvalue weighted by molar-refractivity contribution is 0.452. The van der Waals surface area contributed by atoms with E-state index in [1.54, 1.807) is 0 Å². The lowest BCUT2D eigenvalue weighted by atomic mass is 10.1. The molecule has 12 heavy (non-hydrogen) atoms. The van der Waals surface area contributed by atoms with Crippen molar-refractivity contribution < 1.29 is 4.42 Å². The third kappa shape index (κ3) is 1.42. The highest BCUT2D eigenvalue weighted by molar-refractivity contribution is 5.18. The maximum absolute atomic E-state index is 10.9. The first kappa shape index (κ1) is 7.59. The molecule has 0 fully saturated rings. The maximum atomic E-state index is 10.9. The molecule has 0 N–H and O–H groups in total. The molecule has 2 nitrogen and oxygen atoms in total. The van der Waals surface area contributed by atoms with E-state index in [9.17, 15) is 4.79 Å². The number of aryl methyl sites for hydroxylation is 2. The molecule has 0 aromatic carbocycles. The molecule has 0 atom stereocenters. The summed E-state index contributed by atoms with van der Waals surface area (Å²) in [6.07, 6.45) is 5.63. The van der Waals surface area contributed by atoms with E-state index < -0.39 is 0 Å². The average Bonchev–Trinajstić information content (AvgIpc) is 2.28. The first-order chi connectivity index (χ1) is 5.86. The van der Waals surface area contributed by atoms with Crippen LogP contribution < -0.4 is 5.63 Å². The highest BCUT2D eigenvalue weighted by Gasteiger charge is 2.09. The van der Waals surface area contributed by atoms with E-state index in [0.29, 0.717) is 0 Å². The van der Waals surface area contributed by atoms with E-state index in [1.165, 1.54) is 24.5 Å². The molecule has 0 aliphatic heterocycles. The quantitative estimate of drug-likeness (QED) is 0.548. The molecule has 2 rings (SSSR count). The largest absolute Gasteiger partial charge is 0.428 e. The normalized spacial score (nSPS) is 16.7. The van der Waals surface area contributed by atoms with Crippen LogP contribution in [0.15, 0.2) is 21.3 Å². The van der Waals surface area contributed by atoms with Gasteiger partial charge in [-0.1, -0.05) is 6.42 Å². The lowest BCUT2D eigenvalue weighted by Crippen LogP contribution is -2.01. The Bertz CT molecular complexity index is 325. The van der Waals surface area contributed by atoms with Crippen LogP contribution in [0.5, 0.6) is 0 Å². The van der Waals surface area contributed by atoms with Gasteiger partial charge < -0.3 is 4.42 Å².